The van der Waals surface area contributed by atoms with Crippen molar-refractivity contribution in [2.45, 2.75) is 44.9 Å². The van der Waals surface area contributed by atoms with Gasteiger partial charge in [-0.05, 0) is 43.4 Å². The Kier molecular flexibility index (Phi) is 5.37. The summed E-state index contributed by atoms with van der Waals surface area (Å²) < 4.78 is 0. The number of carbonyl (C=O) groups is 2. The van der Waals surface area contributed by atoms with Crippen molar-refractivity contribution in [1.82, 2.24) is 4.90 Å². The molecule has 114 valence electrons. The molecule has 0 atom stereocenters. The van der Waals surface area contributed by atoms with E-state index in [0.717, 1.165) is 0 Å². The van der Waals surface area contributed by atoms with Crippen LogP contribution in [0.15, 0.2) is 24.3 Å². The number of amides is 1. The van der Waals surface area contributed by atoms with Crippen molar-refractivity contribution in [2.75, 3.05) is 13.1 Å². The summed E-state index contributed by atoms with van der Waals surface area (Å²) in [4.78, 5) is 24.4. The second kappa shape index (κ2) is 7.25. The van der Waals surface area contributed by atoms with Gasteiger partial charge in [0.15, 0.2) is 0 Å². The molecule has 4 heteroatoms. The Morgan fingerprint density at radius 2 is 1.76 bits per heavy atom. The van der Waals surface area contributed by atoms with Crippen LogP contribution in [0.5, 0.6) is 0 Å². The van der Waals surface area contributed by atoms with Crippen LogP contribution in [0.3, 0.4) is 0 Å². The molecular formula is C17H23NO3. The van der Waals surface area contributed by atoms with Crippen LogP contribution in [0.2, 0.25) is 0 Å². The van der Waals surface area contributed by atoms with Gasteiger partial charge in [0, 0.05) is 12.1 Å². The van der Waals surface area contributed by atoms with Crippen molar-refractivity contribution in [1.29, 1.82) is 0 Å². The molecule has 0 aliphatic heterocycles. The van der Waals surface area contributed by atoms with Gasteiger partial charge in [-0.3, -0.25) is 9.59 Å². The topological polar surface area (TPSA) is 57.6 Å². The molecule has 1 aromatic carbocycles. The van der Waals surface area contributed by atoms with Crippen LogP contribution in [0, 0.1) is 0 Å². The Morgan fingerprint density at radius 1 is 1.14 bits per heavy atom. The lowest BCUT2D eigenvalue weighted by molar-refractivity contribution is -0.137. The van der Waals surface area contributed by atoms with Crippen molar-refractivity contribution in [3.63, 3.8) is 0 Å². The number of aliphatic carboxylic acids is 1. The SMILES string of the molecule is CCN(CC(=O)O)C(=O)c1ccc(C2CCCCC2)cc1. The van der Waals surface area contributed by atoms with Gasteiger partial charge in [-0.15, -0.1) is 0 Å². The number of hydrogen-bond acceptors (Lipinski definition) is 2. The molecule has 0 bridgehead atoms. The first-order chi connectivity index (χ1) is 10.1. The maximum atomic E-state index is 12.3. The molecule has 0 spiro atoms. The van der Waals surface area contributed by atoms with Crippen molar-refractivity contribution >= 4 is 11.9 Å². The summed E-state index contributed by atoms with van der Waals surface area (Å²) in [6.45, 7) is 1.94. The average Bonchev–Trinajstić information content (AvgIpc) is 2.53. The molecule has 21 heavy (non-hydrogen) atoms. The van der Waals surface area contributed by atoms with Crippen LogP contribution in [0.4, 0.5) is 0 Å². The van der Waals surface area contributed by atoms with Gasteiger partial charge in [0.1, 0.15) is 6.54 Å². The molecule has 0 heterocycles. The number of likely N-dealkylation sites (N-methyl/N-ethyl adjacent to an activating group) is 1. The lowest BCUT2D eigenvalue weighted by Crippen LogP contribution is -2.35. The van der Waals surface area contributed by atoms with Crippen LogP contribution >= 0.6 is 0 Å². The molecule has 2 rings (SSSR count). The highest BCUT2D eigenvalue weighted by molar-refractivity contribution is 5.95. The van der Waals surface area contributed by atoms with E-state index in [-0.39, 0.29) is 12.5 Å². The molecule has 1 saturated carbocycles. The van der Waals surface area contributed by atoms with Gasteiger partial charge in [0.25, 0.3) is 5.91 Å². The molecular weight excluding hydrogens is 266 g/mol. The van der Waals surface area contributed by atoms with Crippen molar-refractivity contribution < 1.29 is 14.7 Å². The minimum atomic E-state index is -0.982. The third kappa shape index (κ3) is 4.06. The van der Waals surface area contributed by atoms with E-state index in [1.807, 2.05) is 24.3 Å². The van der Waals surface area contributed by atoms with E-state index in [0.29, 0.717) is 18.0 Å². The van der Waals surface area contributed by atoms with E-state index in [2.05, 4.69) is 0 Å². The van der Waals surface area contributed by atoms with Gasteiger partial charge < -0.3 is 10.0 Å². The fourth-order valence-electron chi connectivity index (χ4n) is 3.01. The van der Waals surface area contributed by atoms with Gasteiger partial charge in [0.05, 0.1) is 0 Å². The monoisotopic (exact) mass is 289 g/mol. The number of nitrogens with zero attached hydrogens (tertiary/aromatic N) is 1. The Hall–Kier alpha value is -1.84. The summed E-state index contributed by atoms with van der Waals surface area (Å²) in [5, 5.41) is 8.83. The Labute approximate surface area is 125 Å². The standard InChI is InChI=1S/C17H23NO3/c1-2-18(12-16(19)20)17(21)15-10-8-14(9-11-15)13-6-4-3-5-7-13/h8-11,13H,2-7,12H2,1H3,(H,19,20). The number of benzene rings is 1. The van der Waals surface area contributed by atoms with Gasteiger partial charge in [-0.1, -0.05) is 31.4 Å². The summed E-state index contributed by atoms with van der Waals surface area (Å²) >= 11 is 0. The number of carbonyl (C=O) groups excluding carboxylic acids is 1. The fraction of sp³-hybridized carbons (Fsp3) is 0.529. The van der Waals surface area contributed by atoms with Gasteiger partial charge in [0.2, 0.25) is 0 Å². The summed E-state index contributed by atoms with van der Waals surface area (Å²) in [5.41, 5.74) is 1.87. The number of carboxylic acids is 1. The summed E-state index contributed by atoms with van der Waals surface area (Å²) in [5.74, 6) is -0.580. The molecule has 1 N–H and O–H groups in total. The normalized spacial score (nSPS) is 15.7. The van der Waals surface area contributed by atoms with E-state index >= 15 is 0 Å². The predicted octanol–water partition coefficient (Wildman–Crippen LogP) is 3.28. The van der Waals surface area contributed by atoms with Gasteiger partial charge in [-0.25, -0.2) is 0 Å². The van der Waals surface area contributed by atoms with Crippen molar-refractivity contribution in [3.8, 4) is 0 Å². The molecule has 4 nitrogen and oxygen atoms in total. The number of hydrogen-bond donors (Lipinski definition) is 1. The zero-order valence-electron chi connectivity index (χ0n) is 12.5. The molecule has 1 fully saturated rings. The smallest absolute Gasteiger partial charge is 0.323 e. The van der Waals surface area contributed by atoms with Gasteiger partial charge in [-0.2, -0.15) is 0 Å². The summed E-state index contributed by atoms with van der Waals surface area (Å²) in [6.07, 6.45) is 6.36. The van der Waals surface area contributed by atoms with E-state index in [9.17, 15) is 9.59 Å². The molecule has 0 radical (unpaired) electrons. The van der Waals surface area contributed by atoms with E-state index < -0.39 is 5.97 Å². The largest absolute Gasteiger partial charge is 0.480 e. The lowest BCUT2D eigenvalue weighted by Gasteiger charge is -2.22. The average molecular weight is 289 g/mol. The Bertz CT molecular complexity index is 489. The second-order valence-electron chi connectivity index (χ2n) is 5.67. The van der Waals surface area contributed by atoms with Crippen molar-refractivity contribution in [2.24, 2.45) is 0 Å². The zero-order chi connectivity index (χ0) is 15.2. The van der Waals surface area contributed by atoms with Gasteiger partial charge >= 0.3 is 5.97 Å². The first-order valence-electron chi connectivity index (χ1n) is 7.73. The van der Waals surface area contributed by atoms with Crippen LogP contribution in [0.1, 0.15) is 60.9 Å². The van der Waals surface area contributed by atoms with E-state index in [1.54, 1.807) is 6.92 Å². The maximum absolute atomic E-state index is 12.3. The highest BCUT2D eigenvalue weighted by atomic mass is 16.4. The third-order valence-electron chi connectivity index (χ3n) is 4.23. The molecule has 0 saturated heterocycles. The molecule has 1 aliphatic rings. The van der Waals surface area contributed by atoms with Crippen LogP contribution in [-0.2, 0) is 4.79 Å². The lowest BCUT2D eigenvalue weighted by atomic mass is 9.84. The number of carboxylic acid groups (broad SMARTS) is 1. The molecule has 1 amide bonds. The van der Waals surface area contributed by atoms with Crippen LogP contribution in [0.25, 0.3) is 0 Å². The molecule has 0 aromatic heterocycles. The Morgan fingerprint density at radius 3 is 2.29 bits per heavy atom. The highest BCUT2D eigenvalue weighted by Gasteiger charge is 2.19. The molecule has 1 aromatic rings. The minimum absolute atomic E-state index is 0.213. The van der Waals surface area contributed by atoms with E-state index in [4.69, 9.17) is 5.11 Å². The predicted molar refractivity (Wildman–Crippen MR) is 81.5 cm³/mol. The molecule has 0 unspecified atom stereocenters. The van der Waals surface area contributed by atoms with Crippen LogP contribution in [-0.4, -0.2) is 35.0 Å². The summed E-state index contributed by atoms with van der Waals surface area (Å²) in [6, 6.07) is 7.71. The minimum Gasteiger partial charge on any atom is -0.480 e. The Balaban J connectivity index is 2.06. The first kappa shape index (κ1) is 15.5. The molecule has 1 aliphatic carbocycles. The third-order valence-corrected chi connectivity index (χ3v) is 4.23. The zero-order valence-corrected chi connectivity index (χ0v) is 12.5. The maximum Gasteiger partial charge on any atom is 0.323 e. The highest BCUT2D eigenvalue weighted by Crippen LogP contribution is 2.32. The summed E-state index contributed by atoms with van der Waals surface area (Å²) in [7, 11) is 0. The fourth-order valence-corrected chi connectivity index (χ4v) is 3.01. The number of rotatable bonds is 5. The van der Waals surface area contributed by atoms with Crippen molar-refractivity contribution in [3.05, 3.63) is 35.4 Å². The first-order valence-corrected chi connectivity index (χ1v) is 7.73. The van der Waals surface area contributed by atoms with Crippen LogP contribution < -0.4 is 0 Å². The van der Waals surface area contributed by atoms with E-state index in [1.165, 1.54) is 42.6 Å². The quantitative estimate of drug-likeness (QED) is 0.905. The second-order valence-corrected chi connectivity index (χ2v) is 5.67.